The second kappa shape index (κ2) is 40.0. The standard InChI is InChI=1S/C23H46NO3P.C13H28O2.C9H18ClN2OP/c1-8-10-11-12-13-16-25-18-23(7,9-2)19-27-28(26-17-14-15-24)22(20(3)4)21(5)6;1-4-6-7-8-9-10-15-12-13(3,5-2)11-14;1-8(2)12(9(3)4)14(10)13-7-5-6-11/h20-22H,8-14,16-19H2,1-7H3;14H,4-12H2,1-3H3;8-9H,5,7H2,1-4H3. The van der Waals surface area contributed by atoms with Crippen LogP contribution < -0.4 is 0 Å². The summed E-state index contributed by atoms with van der Waals surface area (Å²) < 4.78 is 31.6. The first-order valence-corrected chi connectivity index (χ1v) is 25.8. The second-order valence-electron chi connectivity index (χ2n) is 17.2. The Hall–Kier alpha value is -0.150. The number of aliphatic hydroxyl groups is 1. The third-order valence-corrected chi connectivity index (χ3v) is 15.0. The maximum absolute atomic E-state index is 9.18. The number of nitrogens with zero attached hydrogens (tertiary/aromatic N) is 3. The van der Waals surface area contributed by atoms with E-state index in [1.165, 1.54) is 51.4 Å². The van der Waals surface area contributed by atoms with Gasteiger partial charge in [0.15, 0.2) is 8.38 Å². The van der Waals surface area contributed by atoms with Crippen LogP contribution in [0.5, 0.6) is 0 Å². The van der Waals surface area contributed by atoms with E-state index in [9.17, 15) is 5.11 Å². The van der Waals surface area contributed by atoms with Crippen LogP contribution >= 0.6 is 27.3 Å². The Morgan fingerprint density at radius 1 is 0.596 bits per heavy atom. The second-order valence-corrected chi connectivity index (χ2v) is 21.0. The molecule has 0 radical (unpaired) electrons. The molecule has 12 heteroatoms. The van der Waals surface area contributed by atoms with Gasteiger partial charge in [-0.1, -0.05) is 121 Å². The molecule has 0 aliphatic rings. The molecule has 0 fully saturated rings. The van der Waals surface area contributed by atoms with E-state index in [1.54, 1.807) is 0 Å². The molecule has 0 spiro atoms. The third-order valence-electron chi connectivity index (χ3n) is 10.0. The van der Waals surface area contributed by atoms with E-state index in [-0.39, 0.29) is 17.4 Å². The number of hydrogen-bond donors (Lipinski definition) is 1. The molecule has 0 aliphatic carbocycles. The Bertz CT molecular complexity index is 948. The normalized spacial score (nSPS) is 14.8. The van der Waals surface area contributed by atoms with Crippen LogP contribution in [0.2, 0.25) is 0 Å². The Balaban J connectivity index is -0.000000846. The van der Waals surface area contributed by atoms with Crippen LogP contribution in [0.3, 0.4) is 0 Å². The molecule has 0 saturated carbocycles. The lowest BCUT2D eigenvalue weighted by Crippen LogP contribution is -2.31. The van der Waals surface area contributed by atoms with Crippen molar-refractivity contribution in [3.05, 3.63) is 0 Å². The van der Waals surface area contributed by atoms with Crippen molar-refractivity contribution in [2.75, 3.05) is 52.9 Å². The van der Waals surface area contributed by atoms with Crippen LogP contribution in [0.1, 0.15) is 187 Å². The van der Waals surface area contributed by atoms with Crippen LogP contribution in [-0.4, -0.2) is 80.4 Å². The van der Waals surface area contributed by atoms with Crippen molar-refractivity contribution in [2.45, 2.75) is 205 Å². The fourth-order valence-electron chi connectivity index (χ4n) is 5.82. The van der Waals surface area contributed by atoms with E-state index in [0.717, 1.165) is 45.5 Å². The lowest BCUT2D eigenvalue weighted by atomic mass is 9.90. The molecule has 0 saturated heterocycles. The minimum Gasteiger partial charge on any atom is -0.396 e. The summed E-state index contributed by atoms with van der Waals surface area (Å²) in [6.07, 6.45) is 15.5. The van der Waals surface area contributed by atoms with Crippen molar-refractivity contribution in [1.29, 1.82) is 10.5 Å². The Morgan fingerprint density at radius 3 is 1.39 bits per heavy atom. The van der Waals surface area contributed by atoms with Crippen molar-refractivity contribution in [3.63, 3.8) is 0 Å². The molecule has 0 rings (SSSR count). The van der Waals surface area contributed by atoms with E-state index < -0.39 is 16.0 Å². The van der Waals surface area contributed by atoms with E-state index in [1.807, 2.05) is 6.07 Å². The highest BCUT2D eigenvalue weighted by Crippen LogP contribution is 2.51. The fraction of sp³-hybridized carbons (Fsp3) is 0.956. The van der Waals surface area contributed by atoms with E-state index in [4.69, 9.17) is 44.8 Å². The molecule has 9 nitrogen and oxygen atoms in total. The van der Waals surface area contributed by atoms with Crippen molar-refractivity contribution in [3.8, 4) is 12.1 Å². The number of unbranched alkanes of at least 4 members (excludes halogenated alkanes) is 8. The van der Waals surface area contributed by atoms with Crippen molar-refractivity contribution in [1.82, 2.24) is 4.67 Å². The molecule has 0 bridgehead atoms. The fourth-order valence-corrected chi connectivity index (χ4v) is 10.3. The maximum atomic E-state index is 9.18. The SMILES string of the molecule is CC(C)N(C(C)C)P(Cl)OCCC#N.CCCCCCCOCC(C)(CC)CO.CCCCCCCOCC(C)(CC)COP(OCCC#N)C(C(C)C)C(C)C. The third kappa shape index (κ3) is 34.2. The summed E-state index contributed by atoms with van der Waals surface area (Å²) in [5, 5.41) is 26.4. The first-order chi connectivity index (χ1) is 27.0. The van der Waals surface area contributed by atoms with Gasteiger partial charge in [-0.25, -0.2) is 4.67 Å². The molecule has 0 aromatic rings. The summed E-state index contributed by atoms with van der Waals surface area (Å²) in [4.78, 5) is 0. The van der Waals surface area contributed by atoms with Crippen LogP contribution in [0.4, 0.5) is 0 Å². The highest BCUT2D eigenvalue weighted by Gasteiger charge is 2.33. The summed E-state index contributed by atoms with van der Waals surface area (Å²) in [6, 6.07) is 4.92. The van der Waals surface area contributed by atoms with E-state index >= 15 is 0 Å². The molecule has 340 valence electrons. The van der Waals surface area contributed by atoms with Gasteiger partial charge in [0.05, 0.1) is 64.6 Å². The number of halogens is 1. The first kappa shape index (κ1) is 61.2. The maximum Gasteiger partial charge on any atom is 0.207 e. The van der Waals surface area contributed by atoms with Gasteiger partial charge in [0, 0.05) is 41.8 Å². The van der Waals surface area contributed by atoms with Gasteiger partial charge >= 0.3 is 0 Å². The Morgan fingerprint density at radius 2 is 1.02 bits per heavy atom. The van der Waals surface area contributed by atoms with Gasteiger partial charge in [-0.3, -0.25) is 0 Å². The van der Waals surface area contributed by atoms with Gasteiger partial charge in [-0.15, -0.1) is 0 Å². The number of rotatable bonds is 34. The molecule has 0 amide bonds. The Kier molecular flexibility index (Phi) is 42.9. The zero-order valence-corrected chi connectivity index (χ0v) is 42.1. The van der Waals surface area contributed by atoms with Gasteiger partial charge < -0.3 is 28.2 Å². The van der Waals surface area contributed by atoms with Gasteiger partial charge in [0.25, 0.3) is 0 Å². The van der Waals surface area contributed by atoms with Gasteiger partial charge in [-0.2, -0.15) is 10.5 Å². The molecule has 4 unspecified atom stereocenters. The predicted molar refractivity (Wildman–Crippen MR) is 247 cm³/mol. The molecular weight excluding hydrogens is 776 g/mol. The molecule has 0 aromatic carbocycles. The van der Waals surface area contributed by atoms with Crippen LogP contribution in [0.25, 0.3) is 0 Å². The van der Waals surface area contributed by atoms with Gasteiger partial charge in [0.2, 0.25) is 7.65 Å². The zero-order valence-electron chi connectivity index (χ0n) is 39.5. The minimum absolute atomic E-state index is 0.00109. The first-order valence-electron chi connectivity index (χ1n) is 22.4. The van der Waals surface area contributed by atoms with Crippen molar-refractivity contribution >= 4 is 27.3 Å². The van der Waals surface area contributed by atoms with E-state index in [2.05, 4.69) is 108 Å². The number of aliphatic hydroxyl groups excluding tert-OH is 1. The highest BCUT2D eigenvalue weighted by molar-refractivity contribution is 7.78. The van der Waals surface area contributed by atoms with E-state index in [0.29, 0.717) is 68.8 Å². The molecule has 1 N–H and O–H groups in total. The Labute approximate surface area is 361 Å². The topological polar surface area (TPSA) is 117 Å². The summed E-state index contributed by atoms with van der Waals surface area (Å²) >= 11 is 6.13. The van der Waals surface area contributed by atoms with Crippen molar-refractivity contribution in [2.24, 2.45) is 22.7 Å². The average Bonchev–Trinajstić information content (AvgIpc) is 3.16. The lowest BCUT2D eigenvalue weighted by Gasteiger charge is -2.35. The zero-order chi connectivity index (χ0) is 44.1. The number of ether oxygens (including phenoxy) is 2. The van der Waals surface area contributed by atoms with Crippen molar-refractivity contribution < 1.29 is 28.2 Å². The molecule has 0 aromatic heterocycles. The highest BCUT2D eigenvalue weighted by atomic mass is 35.7. The van der Waals surface area contributed by atoms with Gasteiger partial charge in [-0.05, 0) is 76.5 Å². The largest absolute Gasteiger partial charge is 0.396 e. The van der Waals surface area contributed by atoms with Crippen LogP contribution in [0.15, 0.2) is 0 Å². The summed E-state index contributed by atoms with van der Waals surface area (Å²) in [5.74, 6) is 0.973. The van der Waals surface area contributed by atoms with Gasteiger partial charge in [0.1, 0.15) is 0 Å². The van der Waals surface area contributed by atoms with Crippen LogP contribution in [0, 0.1) is 45.3 Å². The molecular formula is C45H92ClN3O6P2. The average molecular weight is 869 g/mol. The number of hydrogen-bond acceptors (Lipinski definition) is 9. The molecule has 0 aliphatic heterocycles. The summed E-state index contributed by atoms with van der Waals surface area (Å²) in [6.45, 7) is 35.2. The quantitative estimate of drug-likeness (QED) is 0.0498. The molecule has 4 atom stereocenters. The predicted octanol–water partition coefficient (Wildman–Crippen LogP) is 14.2. The van der Waals surface area contributed by atoms with Crippen LogP contribution in [-0.2, 0) is 23.0 Å². The lowest BCUT2D eigenvalue weighted by molar-refractivity contribution is 0.0137. The summed E-state index contributed by atoms with van der Waals surface area (Å²) in [7, 11) is -2.10. The monoisotopic (exact) mass is 868 g/mol. The number of nitriles is 2. The smallest absolute Gasteiger partial charge is 0.207 e. The molecule has 0 heterocycles. The minimum atomic E-state index is -1.08. The summed E-state index contributed by atoms with van der Waals surface area (Å²) in [5.41, 5.74) is 0.333. The molecule has 57 heavy (non-hydrogen) atoms.